The van der Waals surface area contributed by atoms with Crippen LogP contribution in [0, 0.1) is 80.0 Å². The summed E-state index contributed by atoms with van der Waals surface area (Å²) in [5, 5.41) is 35.0. The predicted molar refractivity (Wildman–Crippen MR) is 523 cm³/mol. The number of carbonyl (C=O) groups excluding carboxylic acids is 12. The average Bonchev–Trinajstić information content (AvgIpc) is 1.59. The molecule has 3 amide bonds. The third-order valence-corrected chi connectivity index (χ3v) is 26.0. The van der Waals surface area contributed by atoms with E-state index in [9.17, 15) is 58.2 Å². The van der Waals surface area contributed by atoms with Crippen molar-refractivity contribution in [2.24, 2.45) is 64.9 Å². The van der Waals surface area contributed by atoms with Gasteiger partial charge in [-0.3, -0.25) is 67.2 Å². The minimum Gasteiger partial charge on any atom is -0.491 e. The Labute approximate surface area is 808 Å². The number of aliphatic hydroxyl groups is 1. The van der Waals surface area contributed by atoms with Gasteiger partial charge < -0.3 is 50.1 Å². The molecule has 3 aliphatic rings. The summed E-state index contributed by atoms with van der Waals surface area (Å²) in [7, 11) is 0. The van der Waals surface area contributed by atoms with E-state index in [-0.39, 0.29) is 107 Å². The number of aryl methyl sites for hydroxylation is 2. The maximum Gasteiger partial charge on any atom is 0.362 e. The van der Waals surface area contributed by atoms with Crippen molar-refractivity contribution in [2.75, 3.05) is 46.1 Å². The number of carboxylic acid groups (broad SMARTS) is 2. The molecule has 25 heteroatoms. The first-order chi connectivity index (χ1) is 66.5. The van der Waals surface area contributed by atoms with Gasteiger partial charge >= 0.3 is 41.8 Å². The number of hydrogen-bond donors (Lipinski definition) is 5. The van der Waals surface area contributed by atoms with Gasteiger partial charge in [0.15, 0.2) is 23.1 Å². The standard InChI is InChI=1S/C76H84N2O15.C18H18O4.C14H15O3.C5H13N/c1-6-9-39-77-69(81)66(61(72(84)85)44-57(50-25-17-12-18-26-50)65-48(5)74(88)93-76(65)90)58(51-27-19-13-20-28-51)43-60-67(71(83)78(70(60)82)40-10-7-2)59(52-29-21-14-22-30-52)45-62(73(86)87)68(56(8-3)49-23-15-11-16-24-49)75(89)92-42-41-91-55-37-35-54(36-38-55)64(80)46-63(79)53-33-31-47(4)32-34-53;1-13-2-4-14(5-3-13)17(20)12-18(21)15-6-8-16(9-7-15)22-11-10-19;1-3-11(10-7-5-4-6-8-10)12-9(2)13(15)17-14(12)16;1-2-3-4-5-6/h11-38,48,56-62,65-68H,6-10,39-46H2,1-5H3,(H,77,81)(H,84,85)(H,86,87);2-9,19H,10-12H2,1H3;4-9,11-12H,2-3H2,1H3;2-6H2,1H3/q;;+1;. The van der Waals surface area contributed by atoms with Gasteiger partial charge in [0.25, 0.3) is 0 Å². The van der Waals surface area contributed by atoms with Gasteiger partial charge in [-0.05, 0) is 172 Å². The van der Waals surface area contributed by atoms with Crippen molar-refractivity contribution in [1.29, 1.82) is 0 Å². The van der Waals surface area contributed by atoms with Crippen molar-refractivity contribution in [2.45, 2.75) is 175 Å². The molecule has 15 unspecified atom stereocenters. The molecule has 0 spiro atoms. The molecule has 3 aliphatic heterocycles. The Morgan fingerprint density at radius 3 is 1.22 bits per heavy atom. The number of nitrogens with zero attached hydrogens (tertiary/aromatic N) is 1. The van der Waals surface area contributed by atoms with Gasteiger partial charge in [-0.1, -0.05) is 279 Å². The Kier molecular flexibility index (Phi) is 43.0. The number of imide groups is 1. The molecule has 138 heavy (non-hydrogen) atoms. The van der Waals surface area contributed by atoms with Gasteiger partial charge in [-0.15, -0.1) is 0 Å². The molecule has 3 fully saturated rings. The number of nitrogens with two attached hydrogens (primary N) is 1. The number of unbranched alkanes of at least 4 members (excludes halogenated alkanes) is 4. The summed E-state index contributed by atoms with van der Waals surface area (Å²) in [6.45, 7) is 19.7. The largest absolute Gasteiger partial charge is 0.491 e. The first-order valence-corrected chi connectivity index (χ1v) is 47.9. The number of amides is 3. The third kappa shape index (κ3) is 29.9. The number of carboxylic acids is 2. The van der Waals surface area contributed by atoms with Gasteiger partial charge in [0.2, 0.25) is 23.6 Å². The van der Waals surface area contributed by atoms with E-state index in [0.29, 0.717) is 81.7 Å². The second-order valence-corrected chi connectivity index (χ2v) is 35.3. The second-order valence-electron chi connectivity index (χ2n) is 35.3. The van der Waals surface area contributed by atoms with Gasteiger partial charge in [0.1, 0.15) is 37.2 Å². The lowest BCUT2D eigenvalue weighted by Gasteiger charge is -2.37. The molecule has 15 atom stereocenters. The molecule has 0 bridgehead atoms. The quantitative estimate of drug-likeness (QED) is 0.00450. The lowest BCUT2D eigenvalue weighted by atomic mass is 9.64. The maximum atomic E-state index is 15.7. The number of nitrogens with one attached hydrogen (secondary N) is 1. The smallest absolute Gasteiger partial charge is 0.362 e. The summed E-state index contributed by atoms with van der Waals surface area (Å²) in [6.07, 6.45) is 5.65. The number of ketones is 4. The second kappa shape index (κ2) is 54.9. The van der Waals surface area contributed by atoms with Gasteiger partial charge in [0, 0.05) is 41.3 Å². The molecular weight excluding hydrogens is 1750 g/mol. The molecule has 0 aliphatic carbocycles. The predicted octanol–water partition coefficient (Wildman–Crippen LogP) is 18.7. The van der Waals surface area contributed by atoms with Crippen LogP contribution < -0.4 is 20.5 Å². The lowest BCUT2D eigenvalue weighted by molar-refractivity contribution is -0.160. The van der Waals surface area contributed by atoms with Crippen LogP contribution in [0.15, 0.2) is 249 Å². The normalized spacial score (nSPS) is 17.9. The topological polar surface area (TPSA) is 387 Å². The zero-order valence-electron chi connectivity index (χ0n) is 80.0. The summed E-state index contributed by atoms with van der Waals surface area (Å²) >= 11 is 0. The lowest BCUT2D eigenvalue weighted by Crippen LogP contribution is -2.44. The van der Waals surface area contributed by atoms with E-state index in [1.807, 2.05) is 96.1 Å². The van der Waals surface area contributed by atoms with Crippen molar-refractivity contribution < 1.29 is 106 Å². The van der Waals surface area contributed by atoms with Crippen molar-refractivity contribution in [1.82, 2.24) is 10.2 Å². The Morgan fingerprint density at radius 2 is 0.833 bits per heavy atom. The van der Waals surface area contributed by atoms with Crippen LogP contribution >= 0.6 is 0 Å². The van der Waals surface area contributed by atoms with Crippen LogP contribution in [-0.2, 0) is 62.2 Å². The minimum atomic E-state index is -1.58. The fourth-order valence-corrected chi connectivity index (χ4v) is 18.5. The van der Waals surface area contributed by atoms with E-state index in [1.165, 1.54) is 36.3 Å². The molecule has 25 nitrogen and oxygen atoms in total. The van der Waals surface area contributed by atoms with Crippen molar-refractivity contribution in [3.8, 4) is 11.5 Å². The number of carbonyl (C=O) groups is 14. The van der Waals surface area contributed by atoms with Gasteiger partial charge in [-0.2, -0.15) is 0 Å². The summed E-state index contributed by atoms with van der Waals surface area (Å²) in [5.41, 5.74) is 12.3. The van der Waals surface area contributed by atoms with Crippen LogP contribution in [0.2, 0.25) is 0 Å². The molecule has 0 radical (unpaired) electrons. The number of benzene rings is 9. The molecule has 0 saturated carbocycles. The Balaban J connectivity index is 0.000000381. The molecule has 9 aromatic rings. The van der Waals surface area contributed by atoms with Crippen LogP contribution in [0.4, 0.5) is 0 Å². The number of cyclic esters (lactones) is 4. The van der Waals surface area contributed by atoms with Gasteiger partial charge in [0.05, 0.1) is 73.7 Å². The summed E-state index contributed by atoms with van der Waals surface area (Å²) in [5.74, 6) is -23.7. The molecule has 0 aromatic heterocycles. The fraction of sp³-hybridized carbons (Fsp3) is 0.389. The molecule has 3 heterocycles. The monoisotopic (exact) mass is 1880 g/mol. The maximum absolute atomic E-state index is 15.7. The van der Waals surface area contributed by atoms with E-state index in [0.717, 1.165) is 29.7 Å². The van der Waals surface area contributed by atoms with Crippen LogP contribution in [0.25, 0.3) is 0 Å². The minimum absolute atomic E-state index is 0.00218. The number of ether oxygens (including phenoxy) is 5. The van der Waals surface area contributed by atoms with E-state index in [4.69, 9.17) is 29.8 Å². The highest BCUT2D eigenvalue weighted by Gasteiger charge is 2.57. The van der Waals surface area contributed by atoms with E-state index < -0.39 is 142 Å². The van der Waals surface area contributed by atoms with Crippen LogP contribution in [-0.4, -0.2) is 149 Å². The molecule has 12 rings (SSSR count). The first-order valence-electron chi connectivity index (χ1n) is 47.9. The highest BCUT2D eigenvalue weighted by molar-refractivity contribution is 6.14. The average molecular weight is 1880 g/mol. The van der Waals surface area contributed by atoms with Crippen molar-refractivity contribution >= 4 is 82.6 Å². The van der Waals surface area contributed by atoms with Crippen LogP contribution in [0.5, 0.6) is 11.5 Å². The number of rotatable bonds is 48. The van der Waals surface area contributed by atoms with E-state index in [1.54, 1.807) is 189 Å². The first kappa shape index (κ1) is 108. The molecule has 3 saturated heterocycles. The third-order valence-electron chi connectivity index (χ3n) is 26.0. The van der Waals surface area contributed by atoms with Crippen LogP contribution in [0.3, 0.4) is 0 Å². The number of likely N-dealkylation sites (tertiary alicyclic amines) is 1. The molecule has 728 valence electrons. The Hall–Kier alpha value is -13.7. The Morgan fingerprint density at radius 1 is 0.435 bits per heavy atom. The summed E-state index contributed by atoms with van der Waals surface area (Å²) in [6, 6.07) is 71.8. The van der Waals surface area contributed by atoms with Gasteiger partial charge in [-0.25, -0.2) is 4.79 Å². The number of esters is 5. The molecular formula is C113H130N3O22+. The summed E-state index contributed by atoms with van der Waals surface area (Å²) in [4.78, 5) is 192. The highest BCUT2D eigenvalue weighted by Crippen LogP contribution is 2.52. The number of Topliss-reactive ketones (excluding diaryl/α,β-unsaturated/α-hetero) is 4. The number of aliphatic carboxylic acids is 2. The fourth-order valence-electron chi connectivity index (χ4n) is 18.5. The zero-order chi connectivity index (χ0) is 99.9. The van der Waals surface area contributed by atoms with E-state index >= 15 is 19.2 Å². The van der Waals surface area contributed by atoms with Crippen molar-refractivity contribution in [3.63, 3.8) is 0 Å². The van der Waals surface area contributed by atoms with Crippen molar-refractivity contribution in [3.05, 3.63) is 317 Å². The summed E-state index contributed by atoms with van der Waals surface area (Å²) < 4.78 is 27.0. The van der Waals surface area contributed by atoms with E-state index in [2.05, 4.69) is 23.9 Å². The Bertz CT molecular complexity index is 5480. The molecule has 9 aromatic carbocycles. The van der Waals surface area contributed by atoms with Crippen LogP contribution in [0.1, 0.15) is 241 Å². The number of aliphatic hydroxyl groups excluding tert-OH is 1. The highest BCUT2D eigenvalue weighted by atomic mass is 16.6. The molecule has 6 N–H and O–H groups in total. The SMILES string of the molecule is CCCCCN.CCCCNC(=O)C(C(CC(c1ccccc1)C1C(=O)OC(=O)C1C)C(=O)O)C(CC1C(=O)N(CCCC)C(=O)C1C(CC(C(=O)O)C(C(=O)OCCOc1ccc(C(=O)CC(=O)c2ccc(C)cc2)cc1)C(CC)c1ccccc1)c1ccccc1)c1ccccc1.Cc1ccc(C(=O)CC(=O)c2ccc(OCCO)cc2)cc1.[CH2+]C1C(=O)OC(=O)C1C(CC)c1ccccc1. The zero-order valence-corrected chi connectivity index (χ0v) is 80.0. The number of hydrogen-bond acceptors (Lipinski definition) is 21.